The van der Waals surface area contributed by atoms with Crippen molar-refractivity contribution in [2.45, 2.75) is 62.2 Å². The first-order valence-electron chi connectivity index (χ1n) is 15.8. The zero-order valence-corrected chi connectivity index (χ0v) is 27.3. The summed E-state index contributed by atoms with van der Waals surface area (Å²) in [5.74, 6) is -1.16. The Morgan fingerprint density at radius 3 is 2.74 bits per heavy atom. The number of thioether (sulfide) groups is 1. The highest BCUT2D eigenvalue weighted by molar-refractivity contribution is 8.08. The minimum Gasteiger partial charge on any atom is -0.462 e. The number of aryl methyl sites for hydroxylation is 1. The molecule has 3 aliphatic heterocycles. The number of allylic oxidation sites excluding steroid dienone is 1. The molecule has 3 aromatic rings. The number of fused-ring (bicyclic) bond motifs is 2. The number of amides is 1. The Morgan fingerprint density at radius 2 is 2.00 bits per heavy atom. The number of carbonyl (C=O) groups is 1. The van der Waals surface area contributed by atoms with Crippen LogP contribution in [0.1, 0.15) is 43.0 Å². The quantitative estimate of drug-likeness (QED) is 0.216. The van der Waals surface area contributed by atoms with Crippen LogP contribution in [0.15, 0.2) is 60.7 Å². The van der Waals surface area contributed by atoms with E-state index < -0.39 is 11.7 Å². The van der Waals surface area contributed by atoms with E-state index in [1.807, 2.05) is 16.7 Å². The molecule has 2 aromatic carbocycles. The number of carbonyl (C=O) groups excluding carboxylic acids is 1. The van der Waals surface area contributed by atoms with Gasteiger partial charge < -0.3 is 19.4 Å². The van der Waals surface area contributed by atoms with Gasteiger partial charge in [-0.3, -0.25) is 9.69 Å². The molecule has 2 fully saturated rings. The van der Waals surface area contributed by atoms with Crippen LogP contribution in [0.3, 0.4) is 0 Å². The third-order valence-electron chi connectivity index (χ3n) is 9.76. The maximum atomic E-state index is 13.8. The van der Waals surface area contributed by atoms with E-state index in [0.717, 1.165) is 17.8 Å². The molecule has 2 atom stereocenters. The lowest BCUT2D eigenvalue weighted by Crippen LogP contribution is -2.43. The number of hydrogen-bond donors (Lipinski definition) is 0. The summed E-state index contributed by atoms with van der Waals surface area (Å²) in [5, 5.41) is 12.3. The Bertz CT molecular complexity index is 1800. The number of nitriles is 1. The van der Waals surface area contributed by atoms with Gasteiger partial charge in [-0.2, -0.15) is 15.2 Å². The van der Waals surface area contributed by atoms with E-state index in [4.69, 9.17) is 14.7 Å². The van der Waals surface area contributed by atoms with Crippen LogP contribution in [0.5, 0.6) is 6.01 Å². The van der Waals surface area contributed by atoms with Crippen molar-refractivity contribution in [3.8, 4) is 12.1 Å². The fourth-order valence-corrected chi connectivity index (χ4v) is 8.02. The summed E-state index contributed by atoms with van der Waals surface area (Å²) < 4.78 is 20.2. The minimum atomic E-state index is -1.05. The Balaban J connectivity index is 1.22. The van der Waals surface area contributed by atoms with Crippen molar-refractivity contribution in [1.29, 1.82) is 5.26 Å². The first-order chi connectivity index (χ1) is 22.2. The largest absolute Gasteiger partial charge is 0.462 e. The van der Waals surface area contributed by atoms with Crippen LogP contribution in [0.4, 0.5) is 15.9 Å². The molecule has 7 rings (SSSR count). The van der Waals surface area contributed by atoms with Crippen LogP contribution >= 0.6 is 11.8 Å². The van der Waals surface area contributed by atoms with Crippen molar-refractivity contribution >= 4 is 39.9 Å². The van der Waals surface area contributed by atoms with E-state index in [2.05, 4.69) is 79.7 Å². The minimum absolute atomic E-state index is 0.0492. The van der Waals surface area contributed by atoms with Gasteiger partial charge in [0, 0.05) is 48.5 Å². The highest BCUT2D eigenvalue weighted by Gasteiger charge is 2.57. The summed E-state index contributed by atoms with van der Waals surface area (Å²) in [6.07, 6.45) is 4.90. The van der Waals surface area contributed by atoms with Gasteiger partial charge in [0.15, 0.2) is 5.83 Å². The maximum absolute atomic E-state index is 13.8. The van der Waals surface area contributed by atoms with E-state index in [0.29, 0.717) is 54.9 Å². The van der Waals surface area contributed by atoms with Gasteiger partial charge in [-0.15, -0.1) is 11.8 Å². The lowest BCUT2D eigenvalue weighted by atomic mass is 9.99. The van der Waals surface area contributed by atoms with E-state index in [1.165, 1.54) is 39.8 Å². The average Bonchev–Trinajstić information content (AvgIpc) is 4.00. The second kappa shape index (κ2) is 11.9. The molecule has 0 spiro atoms. The van der Waals surface area contributed by atoms with Gasteiger partial charge in [-0.25, -0.2) is 4.39 Å². The molecule has 1 aliphatic carbocycles. The van der Waals surface area contributed by atoms with Crippen molar-refractivity contribution in [2.75, 3.05) is 43.1 Å². The normalized spacial score (nSPS) is 22.4. The fraction of sp³-hybridized carbons (Fsp3) is 0.429. The number of aromatic nitrogens is 2. The number of nitrogens with zero attached hydrogens (tertiary/aromatic N) is 7. The van der Waals surface area contributed by atoms with Gasteiger partial charge in [0.05, 0.1) is 40.5 Å². The van der Waals surface area contributed by atoms with Crippen LogP contribution in [0.2, 0.25) is 0 Å². The Labute approximate surface area is 273 Å². The molecular weight excluding hydrogens is 601 g/mol. The van der Waals surface area contributed by atoms with Crippen molar-refractivity contribution < 1.29 is 13.9 Å². The third kappa shape index (κ3) is 5.58. The van der Waals surface area contributed by atoms with Crippen molar-refractivity contribution in [3.05, 3.63) is 77.5 Å². The summed E-state index contributed by atoms with van der Waals surface area (Å²) >= 11 is 1.92. The Morgan fingerprint density at radius 1 is 1.22 bits per heavy atom. The zero-order valence-electron chi connectivity index (χ0n) is 26.5. The number of benzene rings is 2. The standard InChI is InChI=1S/C35H38FN7O2S/c1-22-7-5-8-24-9-6-10-29(31(22)24)41-16-14-27-28(20-41)38-34(45-21-30-35(3,46-30)40(4)25-11-12-25)39-32(27)42-17-18-43(33(44)23(2)36)26(19-42)13-15-37/h5-10,19,25,30H,2,11-14,16-18,20-21H2,1,3-4H3/t30?,35-/m0/s1. The van der Waals surface area contributed by atoms with E-state index >= 15 is 0 Å². The molecule has 0 bridgehead atoms. The second-order valence-electron chi connectivity index (χ2n) is 12.7. The second-order valence-corrected chi connectivity index (χ2v) is 14.3. The third-order valence-corrected chi connectivity index (χ3v) is 11.4. The lowest BCUT2D eigenvalue weighted by Gasteiger charge is -2.36. The molecule has 0 radical (unpaired) electrons. The number of halogens is 1. The Kier molecular flexibility index (Phi) is 7.89. The smallest absolute Gasteiger partial charge is 0.318 e. The number of anilines is 2. The van der Waals surface area contributed by atoms with Crippen LogP contribution < -0.4 is 14.5 Å². The summed E-state index contributed by atoms with van der Waals surface area (Å²) in [6.45, 7) is 10.0. The van der Waals surface area contributed by atoms with Crippen molar-refractivity contribution in [3.63, 3.8) is 0 Å². The van der Waals surface area contributed by atoms with E-state index in [-0.39, 0.29) is 17.8 Å². The first kappa shape index (κ1) is 30.5. The predicted octanol–water partition coefficient (Wildman–Crippen LogP) is 5.69. The van der Waals surface area contributed by atoms with Gasteiger partial charge in [0.25, 0.3) is 5.91 Å². The molecule has 238 valence electrons. The fourth-order valence-electron chi connectivity index (χ4n) is 6.83. The topological polar surface area (TPSA) is 88.8 Å². The summed E-state index contributed by atoms with van der Waals surface area (Å²) in [4.78, 5) is 30.6. The molecule has 11 heteroatoms. The van der Waals surface area contributed by atoms with Crippen LogP contribution in [-0.4, -0.2) is 75.1 Å². The molecule has 1 aromatic heterocycles. The van der Waals surface area contributed by atoms with E-state index in [9.17, 15) is 14.4 Å². The lowest BCUT2D eigenvalue weighted by molar-refractivity contribution is -0.126. The van der Waals surface area contributed by atoms with Gasteiger partial charge in [-0.1, -0.05) is 36.9 Å². The highest BCUT2D eigenvalue weighted by atomic mass is 32.2. The molecule has 9 nitrogen and oxygen atoms in total. The van der Waals surface area contributed by atoms with Crippen LogP contribution in [0.25, 0.3) is 10.8 Å². The average molecular weight is 640 g/mol. The van der Waals surface area contributed by atoms with E-state index in [1.54, 1.807) is 6.20 Å². The summed E-state index contributed by atoms with van der Waals surface area (Å²) in [6, 6.07) is 15.9. The monoisotopic (exact) mass is 639 g/mol. The number of hydrogen-bond acceptors (Lipinski definition) is 9. The summed E-state index contributed by atoms with van der Waals surface area (Å²) in [7, 11) is 2.20. The van der Waals surface area contributed by atoms with Crippen molar-refractivity contribution in [1.82, 2.24) is 19.8 Å². The number of ether oxygens (including phenoxy) is 1. The maximum Gasteiger partial charge on any atom is 0.318 e. The molecule has 0 N–H and O–H groups in total. The SMILES string of the molecule is C=C(F)C(=O)N1CCN(c2nc(OCC3S[C@]3(C)N(C)C3CC3)nc3c2CCN(c2cccc4cccc(C)c24)C3)C=C1CC#N. The first-order valence-corrected chi connectivity index (χ1v) is 16.7. The zero-order chi connectivity index (χ0) is 32.2. The molecule has 1 unspecified atom stereocenters. The van der Waals surface area contributed by atoms with Crippen LogP contribution in [0, 0.1) is 18.3 Å². The highest BCUT2D eigenvalue weighted by Crippen LogP contribution is 2.57. The molecule has 4 heterocycles. The number of rotatable bonds is 9. The van der Waals surface area contributed by atoms with Gasteiger partial charge >= 0.3 is 6.01 Å². The molecule has 1 saturated heterocycles. The van der Waals surface area contributed by atoms with Crippen LogP contribution in [-0.2, 0) is 17.8 Å². The molecule has 46 heavy (non-hydrogen) atoms. The van der Waals surface area contributed by atoms with Crippen molar-refractivity contribution in [2.24, 2.45) is 0 Å². The van der Waals surface area contributed by atoms with Gasteiger partial charge in [-0.05, 0) is 57.2 Å². The molecular formula is C35H38FN7O2S. The molecule has 1 saturated carbocycles. The molecule has 4 aliphatic rings. The van der Waals surface area contributed by atoms with Gasteiger partial charge in [0.1, 0.15) is 12.4 Å². The molecule has 1 amide bonds. The Hall–Kier alpha value is -4.14. The summed E-state index contributed by atoms with van der Waals surface area (Å²) in [5.41, 5.74) is 4.72. The predicted molar refractivity (Wildman–Crippen MR) is 179 cm³/mol. The van der Waals surface area contributed by atoms with Gasteiger partial charge in [0.2, 0.25) is 0 Å².